The first-order valence-electron chi connectivity index (χ1n) is 8.25. The van der Waals surface area contributed by atoms with Crippen LogP contribution in [0.3, 0.4) is 0 Å². The van der Waals surface area contributed by atoms with Crippen LogP contribution in [0.5, 0.6) is 0 Å². The topological polar surface area (TPSA) is 20.3 Å². The molecule has 1 aliphatic heterocycles. The molecule has 4 heteroatoms. The number of hydrogen-bond donors (Lipinski definition) is 0. The van der Waals surface area contributed by atoms with Crippen LogP contribution in [0.15, 0.2) is 59.7 Å². The van der Waals surface area contributed by atoms with Gasteiger partial charge in [0.25, 0.3) is 0 Å². The zero-order valence-corrected chi connectivity index (χ0v) is 14.0. The first kappa shape index (κ1) is 17.2. The Balaban J connectivity index is 2.00. The first-order valence-corrected chi connectivity index (χ1v) is 8.25. The number of likely N-dealkylation sites (tertiary alicyclic amines) is 1. The summed E-state index contributed by atoms with van der Waals surface area (Å²) in [5.41, 5.74) is 1.80. The number of hydrogen-bond acceptors (Lipinski definition) is 2. The van der Waals surface area contributed by atoms with E-state index < -0.39 is 0 Å². The smallest absolute Gasteiger partial charge is 0.187 e. The Kier molecular flexibility index (Phi) is 5.19. The van der Waals surface area contributed by atoms with Crippen molar-refractivity contribution in [2.24, 2.45) is 0 Å². The summed E-state index contributed by atoms with van der Waals surface area (Å²) in [6, 6.07) is 12.7. The summed E-state index contributed by atoms with van der Waals surface area (Å²) in [5.74, 6) is -0.886. The van der Waals surface area contributed by atoms with Crippen molar-refractivity contribution in [1.82, 2.24) is 4.90 Å². The molecule has 3 rings (SSSR count). The third-order valence-corrected chi connectivity index (χ3v) is 4.29. The van der Waals surface area contributed by atoms with Gasteiger partial charge in [0.2, 0.25) is 0 Å². The number of piperidine rings is 1. The van der Waals surface area contributed by atoms with Crippen molar-refractivity contribution in [3.8, 4) is 0 Å². The van der Waals surface area contributed by atoms with Crippen LogP contribution in [0.25, 0.3) is 12.2 Å². The molecule has 0 radical (unpaired) electrons. The number of carbonyl (C=O) groups excluding carboxylic acids is 1. The highest BCUT2D eigenvalue weighted by molar-refractivity contribution is 6.14. The lowest BCUT2D eigenvalue weighted by Gasteiger charge is -2.28. The number of benzene rings is 2. The van der Waals surface area contributed by atoms with Gasteiger partial charge in [-0.1, -0.05) is 43.3 Å². The van der Waals surface area contributed by atoms with Crippen molar-refractivity contribution < 1.29 is 13.6 Å². The maximum absolute atomic E-state index is 13.9. The summed E-state index contributed by atoms with van der Waals surface area (Å²) in [6.07, 6.45) is 3.18. The van der Waals surface area contributed by atoms with E-state index in [4.69, 9.17) is 0 Å². The third kappa shape index (κ3) is 3.91. The van der Waals surface area contributed by atoms with Crippen LogP contribution in [0.4, 0.5) is 8.78 Å². The Morgan fingerprint density at radius 2 is 1.32 bits per heavy atom. The molecule has 2 aromatic rings. The van der Waals surface area contributed by atoms with Gasteiger partial charge in [0.05, 0.1) is 0 Å². The number of carbonyl (C=O) groups is 1. The minimum atomic E-state index is -0.365. The average Bonchev–Trinajstić information content (AvgIpc) is 2.62. The highest BCUT2D eigenvalue weighted by Gasteiger charge is 2.25. The molecule has 0 amide bonds. The first-order chi connectivity index (χ1) is 12.1. The molecule has 0 unspecified atom stereocenters. The number of nitrogens with zero attached hydrogens (tertiary/aromatic N) is 1. The van der Waals surface area contributed by atoms with E-state index in [9.17, 15) is 13.6 Å². The minimum absolute atomic E-state index is 0.156. The fourth-order valence-electron chi connectivity index (χ4n) is 2.89. The normalized spacial score (nSPS) is 18.9. The molecule has 0 bridgehead atoms. The molecule has 1 aliphatic rings. The molecule has 1 saturated heterocycles. The molecule has 1 heterocycles. The van der Waals surface area contributed by atoms with Gasteiger partial charge in [-0.05, 0) is 30.8 Å². The lowest BCUT2D eigenvalue weighted by Crippen LogP contribution is -2.37. The Labute approximate surface area is 146 Å². The van der Waals surface area contributed by atoms with Gasteiger partial charge in [-0.15, -0.1) is 0 Å². The molecular weight excluding hydrogens is 320 g/mol. The monoisotopic (exact) mass is 339 g/mol. The van der Waals surface area contributed by atoms with Gasteiger partial charge in [-0.25, -0.2) is 8.78 Å². The summed E-state index contributed by atoms with van der Waals surface area (Å²) in [5, 5.41) is 0. The zero-order valence-electron chi connectivity index (χ0n) is 14.0. The van der Waals surface area contributed by atoms with E-state index in [-0.39, 0.29) is 17.4 Å². The lowest BCUT2D eigenvalue weighted by atomic mass is 9.94. The molecule has 0 N–H and O–H groups in total. The van der Waals surface area contributed by atoms with Crippen LogP contribution < -0.4 is 0 Å². The summed E-state index contributed by atoms with van der Waals surface area (Å²) in [7, 11) is 0. The van der Waals surface area contributed by atoms with E-state index in [0.717, 1.165) is 6.54 Å². The van der Waals surface area contributed by atoms with E-state index in [2.05, 4.69) is 4.90 Å². The van der Waals surface area contributed by atoms with Crippen LogP contribution in [-0.2, 0) is 4.79 Å². The van der Waals surface area contributed by atoms with Crippen LogP contribution >= 0.6 is 0 Å². The van der Waals surface area contributed by atoms with Gasteiger partial charge in [-0.3, -0.25) is 9.69 Å². The molecule has 0 spiro atoms. The SMILES string of the molecule is CCN1C/C(=C\c2ccccc2F)C(=O)/C(=C/c2ccccc2F)C1. The van der Waals surface area contributed by atoms with Gasteiger partial charge in [0.1, 0.15) is 11.6 Å². The Morgan fingerprint density at radius 1 is 0.880 bits per heavy atom. The largest absolute Gasteiger partial charge is 0.295 e. The lowest BCUT2D eigenvalue weighted by molar-refractivity contribution is -0.113. The van der Waals surface area contributed by atoms with E-state index >= 15 is 0 Å². The van der Waals surface area contributed by atoms with Crippen molar-refractivity contribution in [3.05, 3.63) is 82.4 Å². The number of ketones is 1. The number of rotatable bonds is 3. The quantitative estimate of drug-likeness (QED) is 0.776. The van der Waals surface area contributed by atoms with Crippen molar-refractivity contribution in [1.29, 1.82) is 0 Å². The summed E-state index contributed by atoms with van der Waals surface area (Å²) >= 11 is 0. The zero-order chi connectivity index (χ0) is 17.8. The highest BCUT2D eigenvalue weighted by Crippen LogP contribution is 2.23. The predicted octanol–water partition coefficient (Wildman–Crippen LogP) is 4.34. The second kappa shape index (κ2) is 7.53. The Hall–Kier alpha value is -2.59. The van der Waals surface area contributed by atoms with Crippen LogP contribution in [0.2, 0.25) is 0 Å². The standard InChI is InChI=1S/C21H19F2NO/c1-2-24-13-17(11-15-7-3-5-9-19(15)22)21(25)18(14-24)12-16-8-4-6-10-20(16)23/h3-12H,2,13-14H2,1H3/b17-11+,18-12+. The average molecular weight is 339 g/mol. The number of halogens is 2. The second-order valence-electron chi connectivity index (χ2n) is 6.01. The Bertz CT molecular complexity index is 787. The van der Waals surface area contributed by atoms with E-state index in [1.807, 2.05) is 6.92 Å². The molecule has 128 valence electrons. The van der Waals surface area contributed by atoms with Crippen molar-refractivity contribution in [3.63, 3.8) is 0 Å². The Morgan fingerprint density at radius 3 is 1.72 bits per heavy atom. The summed E-state index contributed by atoms with van der Waals surface area (Å²) < 4.78 is 27.8. The van der Waals surface area contributed by atoms with Crippen LogP contribution in [0.1, 0.15) is 18.1 Å². The molecule has 2 aromatic carbocycles. The molecule has 0 aliphatic carbocycles. The van der Waals surface area contributed by atoms with E-state index in [0.29, 0.717) is 35.4 Å². The number of Topliss-reactive ketones (excluding diaryl/α,β-unsaturated/α-hetero) is 1. The second-order valence-corrected chi connectivity index (χ2v) is 6.01. The van der Waals surface area contributed by atoms with Gasteiger partial charge < -0.3 is 0 Å². The molecule has 0 saturated carbocycles. The third-order valence-electron chi connectivity index (χ3n) is 4.29. The van der Waals surface area contributed by atoms with E-state index in [1.54, 1.807) is 48.6 Å². The van der Waals surface area contributed by atoms with Gasteiger partial charge in [0, 0.05) is 35.4 Å². The molecule has 0 atom stereocenters. The molecule has 2 nitrogen and oxygen atoms in total. The van der Waals surface area contributed by atoms with Gasteiger partial charge in [0.15, 0.2) is 5.78 Å². The van der Waals surface area contributed by atoms with Gasteiger partial charge >= 0.3 is 0 Å². The summed E-state index contributed by atoms with van der Waals surface area (Å²) in [4.78, 5) is 14.9. The predicted molar refractivity (Wildman–Crippen MR) is 95.9 cm³/mol. The van der Waals surface area contributed by atoms with E-state index in [1.165, 1.54) is 12.1 Å². The maximum Gasteiger partial charge on any atom is 0.187 e. The maximum atomic E-state index is 13.9. The van der Waals surface area contributed by atoms with Gasteiger partial charge in [-0.2, -0.15) is 0 Å². The van der Waals surface area contributed by atoms with Crippen LogP contribution in [-0.4, -0.2) is 30.3 Å². The molecule has 0 aromatic heterocycles. The number of likely N-dealkylation sites (N-methyl/N-ethyl adjacent to an activating group) is 1. The molecular formula is C21H19F2NO. The van der Waals surface area contributed by atoms with Crippen LogP contribution in [0, 0.1) is 11.6 Å². The van der Waals surface area contributed by atoms with Crippen molar-refractivity contribution >= 4 is 17.9 Å². The van der Waals surface area contributed by atoms with Crippen molar-refractivity contribution in [2.75, 3.05) is 19.6 Å². The fourth-order valence-corrected chi connectivity index (χ4v) is 2.89. The fraction of sp³-hybridized carbons (Fsp3) is 0.190. The summed E-state index contributed by atoms with van der Waals surface area (Å²) in [6.45, 7) is 3.66. The highest BCUT2D eigenvalue weighted by atomic mass is 19.1. The molecule has 25 heavy (non-hydrogen) atoms. The van der Waals surface area contributed by atoms with Crippen molar-refractivity contribution in [2.45, 2.75) is 6.92 Å². The minimum Gasteiger partial charge on any atom is -0.295 e. The molecule has 1 fully saturated rings.